The molecule has 334 valence electrons. The van der Waals surface area contributed by atoms with Gasteiger partial charge in [0.1, 0.15) is 0 Å². The molecule has 7 aromatic rings. The van der Waals surface area contributed by atoms with Crippen molar-refractivity contribution in [2.75, 3.05) is 0 Å². The van der Waals surface area contributed by atoms with Gasteiger partial charge >= 0.3 is 53.4 Å². The van der Waals surface area contributed by atoms with Gasteiger partial charge in [-0.1, -0.05) is 186 Å². The molecule has 32 heteroatoms. The zero-order valence-electron chi connectivity index (χ0n) is 28.7. The Balaban J connectivity index is 0.000000709. The number of hydrogen-bond donors (Lipinski definition) is 0. The molecule has 0 amide bonds. The Labute approximate surface area is 443 Å². The number of nitrogens with zero attached hydrogens (tertiary/aromatic N) is 8. The van der Waals surface area contributed by atoms with Crippen molar-refractivity contribution in [1.82, 2.24) is 39.9 Å². The maximum atomic E-state index is 9.93. The molecule has 0 spiro atoms. The molecule has 0 saturated carbocycles. The summed E-state index contributed by atoms with van der Waals surface area (Å²) in [6, 6.07) is 0. The van der Waals surface area contributed by atoms with Crippen molar-refractivity contribution < 1.29 is 33.9 Å². The van der Waals surface area contributed by atoms with Gasteiger partial charge in [-0.3, -0.25) is 0 Å². The van der Waals surface area contributed by atoms with Crippen LogP contribution in [0.2, 0.25) is 80.4 Å². The Morgan fingerprint density at radius 1 is 0.266 bits per heavy atom. The predicted octanol–water partition coefficient (Wildman–Crippen LogP) is 18.7. The second-order valence-electron chi connectivity index (χ2n) is 12.5. The Bertz CT molecular complexity index is 3080. The predicted molar refractivity (Wildman–Crippen MR) is 247 cm³/mol. The van der Waals surface area contributed by atoms with E-state index in [1.54, 1.807) is 0 Å². The fourth-order valence-corrected chi connectivity index (χ4v) is 10.2. The molecular weight excluding hydrogens is 1350 g/mol. The summed E-state index contributed by atoms with van der Waals surface area (Å²) in [5.41, 5.74) is -0.000693. The normalized spacial score (nSPS) is 13.3. The van der Waals surface area contributed by atoms with Crippen LogP contribution in [-0.4, -0.2) is 49.4 Å². The third-order valence-electron chi connectivity index (χ3n) is 8.55. The smallest absolute Gasteiger partial charge is 3.00 e. The third-order valence-corrected chi connectivity index (χ3v) is 15.8. The van der Waals surface area contributed by atoms with E-state index in [4.69, 9.17) is 206 Å². The molecule has 0 radical (unpaired) electrons. The van der Waals surface area contributed by atoms with Crippen LogP contribution in [0.4, 0.5) is 16.9 Å². The number of halogens is 22. The Morgan fingerprint density at radius 3 is 0.594 bits per heavy atom. The molecule has 2 aliphatic heterocycles. The first-order valence-electron chi connectivity index (χ1n) is 15.6. The van der Waals surface area contributed by atoms with Gasteiger partial charge in [-0.25, -0.2) is 9.97 Å². The molecular formula is C32Cl16F6MnN8Sb. The summed E-state index contributed by atoms with van der Waals surface area (Å²) in [6.07, 6.45) is 0. The molecule has 64 heavy (non-hydrogen) atoms. The molecule has 4 aromatic carbocycles. The van der Waals surface area contributed by atoms with Gasteiger partial charge in [0, 0.05) is 66.4 Å². The van der Waals surface area contributed by atoms with E-state index in [0.717, 1.165) is 0 Å². The van der Waals surface area contributed by atoms with Crippen LogP contribution in [0.3, 0.4) is 0 Å². The van der Waals surface area contributed by atoms with Crippen molar-refractivity contribution >= 4 is 249 Å². The zero-order valence-corrected chi connectivity index (χ0v) is 44.5. The fraction of sp³-hybridized carbons (Fsp3) is 0. The van der Waals surface area contributed by atoms with E-state index in [0.29, 0.717) is 0 Å². The van der Waals surface area contributed by atoms with E-state index in [-0.39, 0.29) is 187 Å². The molecule has 5 heterocycles. The molecule has 8 bridgehead atoms. The second kappa shape index (κ2) is 17.0. The first-order valence-corrected chi connectivity index (χ1v) is 27.5. The standard InChI is InChI=1S/C32Cl16N8.6FH.Mn.Sb/c33-9-1-2(10(34)18(42)17(9)41)26-49-25(1)53-27-3-4(12(36)20(44)19(43)11(3)35)29(50-27)55-31-7-8(16(40)24(48)23(47)15(7)39)32(52-31)56-30-6-5(28(51-30)54-26)13(37)21(45)22(46)14(6)38;;;;;;;;/h;6*1H;;/q-2;;;;;;;+3;+5/p-6. The topological polar surface area (TPSA) is 106 Å². The average molecular weight is 1350 g/mol. The number of fused-ring (bicyclic) bond motifs is 20. The molecule has 9 rings (SSSR count). The molecule has 0 N–H and O–H groups in total. The minimum absolute atomic E-state index is 0. The quantitative estimate of drug-likeness (QED) is 0.0640. The van der Waals surface area contributed by atoms with E-state index in [1.807, 2.05) is 0 Å². The zero-order chi connectivity index (χ0) is 46.5. The van der Waals surface area contributed by atoms with Crippen LogP contribution in [0, 0.1) is 0 Å². The van der Waals surface area contributed by atoms with Crippen molar-refractivity contribution in [3.63, 3.8) is 0 Å². The number of benzene rings is 4. The van der Waals surface area contributed by atoms with E-state index in [2.05, 4.69) is 19.9 Å². The van der Waals surface area contributed by atoms with Crippen LogP contribution >= 0.6 is 186 Å². The second-order valence-corrected chi connectivity index (χ2v) is 24.0. The van der Waals surface area contributed by atoms with Gasteiger partial charge in [0.05, 0.1) is 104 Å². The Morgan fingerprint density at radius 2 is 0.422 bits per heavy atom. The van der Waals surface area contributed by atoms with Gasteiger partial charge in [-0.15, -0.1) is 0 Å². The summed E-state index contributed by atoms with van der Waals surface area (Å²) in [5, 5.41) is -1.06. The summed E-state index contributed by atoms with van der Waals surface area (Å²) in [4.78, 5) is 37.7. The van der Waals surface area contributed by atoms with Gasteiger partial charge in [-0.2, -0.15) is 0 Å². The van der Waals surface area contributed by atoms with Crippen LogP contribution in [0.25, 0.3) is 89.7 Å². The van der Waals surface area contributed by atoms with Gasteiger partial charge in [0.25, 0.3) is 0 Å². The average Bonchev–Trinajstić information content (AvgIpc) is 3.94. The van der Waals surface area contributed by atoms with Crippen molar-refractivity contribution in [2.45, 2.75) is 0 Å². The van der Waals surface area contributed by atoms with Gasteiger partial charge in [0.15, 0.2) is 0 Å². The SMILES string of the molecule is Clc1c(Cl)c(Cl)c2c(c1Cl)-c1nc-2nc2[n-]c(nc3nc(nc4[n-]c(n1)c1c(Cl)c(Cl)c(Cl)c(Cl)c41)-c1c(Cl)c(Cl)c(Cl)c(Cl)c1-3)c1c(Cl)c(Cl)c(Cl)c(Cl)c21.[F][Sb-]([F])([F])([F])([F])[F].[Mn+3]. The summed E-state index contributed by atoms with van der Waals surface area (Å²) in [5.74, 6) is -0.437. The van der Waals surface area contributed by atoms with Crippen LogP contribution in [0.5, 0.6) is 0 Å². The Kier molecular flexibility index (Phi) is 13.7. The number of rotatable bonds is 0. The van der Waals surface area contributed by atoms with Crippen molar-refractivity contribution in [1.29, 1.82) is 0 Å². The van der Waals surface area contributed by atoms with Crippen molar-refractivity contribution in [2.24, 2.45) is 0 Å². The van der Waals surface area contributed by atoms with Crippen LogP contribution in [-0.2, 0) is 17.1 Å². The van der Waals surface area contributed by atoms with Gasteiger partial charge < -0.3 is 29.9 Å². The van der Waals surface area contributed by atoms with E-state index >= 15 is 0 Å². The van der Waals surface area contributed by atoms with Crippen LogP contribution in [0.1, 0.15) is 0 Å². The third kappa shape index (κ3) is 8.95. The van der Waals surface area contributed by atoms with E-state index < -0.39 is 19.5 Å². The largest absolute Gasteiger partial charge is 3.00 e. The molecule has 0 unspecified atom stereocenters. The van der Waals surface area contributed by atoms with E-state index in [9.17, 15) is 16.9 Å². The molecule has 0 aliphatic carbocycles. The minimum atomic E-state index is -11.2. The van der Waals surface area contributed by atoms with E-state index in [1.165, 1.54) is 0 Å². The van der Waals surface area contributed by atoms with Crippen molar-refractivity contribution in [3.05, 3.63) is 80.4 Å². The monoisotopic (exact) mass is 1350 g/mol. The van der Waals surface area contributed by atoms with Crippen LogP contribution in [0.15, 0.2) is 0 Å². The van der Waals surface area contributed by atoms with Gasteiger partial charge in [0.2, 0.25) is 0 Å². The fourth-order valence-electron chi connectivity index (χ4n) is 6.10. The summed E-state index contributed by atoms with van der Waals surface area (Å²) >= 11 is 95.6. The Hall–Kier alpha value is -0.202. The molecule has 0 atom stereocenters. The minimum Gasteiger partial charge on any atom is 3.00 e. The molecule has 2 aliphatic rings. The summed E-state index contributed by atoms with van der Waals surface area (Å²) in [7, 11) is 0. The maximum absolute atomic E-state index is 11.2. The molecule has 0 fully saturated rings. The summed E-state index contributed by atoms with van der Waals surface area (Å²) in [6.45, 7) is 0. The van der Waals surface area contributed by atoms with Gasteiger partial charge in [-0.05, 0) is 0 Å². The first kappa shape index (κ1) is 51.6. The molecule has 0 saturated heterocycles. The van der Waals surface area contributed by atoms with Crippen LogP contribution < -0.4 is 9.97 Å². The van der Waals surface area contributed by atoms with Crippen molar-refractivity contribution in [3.8, 4) is 45.6 Å². The molecule has 3 aromatic heterocycles. The molecule has 8 nitrogen and oxygen atoms in total. The first-order chi connectivity index (χ1) is 28.9. The maximum Gasteiger partial charge on any atom is 3.00 e. The number of aromatic nitrogens is 8. The number of hydrogen-bond acceptors (Lipinski definition) is 6. The summed E-state index contributed by atoms with van der Waals surface area (Å²) < 4.78 is 59.6.